The van der Waals surface area contributed by atoms with Gasteiger partial charge in [0.05, 0.1) is 29.7 Å². The molecule has 0 amide bonds. The van der Waals surface area contributed by atoms with E-state index >= 15 is 0 Å². The molecule has 6 nitrogen and oxygen atoms in total. The van der Waals surface area contributed by atoms with Gasteiger partial charge >= 0.3 is 6.18 Å². The molecule has 0 atom stereocenters. The summed E-state index contributed by atoms with van der Waals surface area (Å²) in [5.41, 5.74) is -0.0946. The first-order chi connectivity index (χ1) is 15.5. The number of morpholine rings is 1. The van der Waals surface area contributed by atoms with Crippen molar-refractivity contribution in [1.82, 2.24) is 15.0 Å². The summed E-state index contributed by atoms with van der Waals surface area (Å²) in [5, 5.41) is 3.80. The number of ether oxygens (including phenoxy) is 1. The van der Waals surface area contributed by atoms with Crippen molar-refractivity contribution in [3.05, 3.63) is 53.7 Å². The number of hydrogen-bond donors (Lipinski definition) is 1. The fourth-order valence-electron chi connectivity index (χ4n) is 4.83. The zero-order chi connectivity index (χ0) is 22.2. The van der Waals surface area contributed by atoms with Crippen molar-refractivity contribution in [2.24, 2.45) is 0 Å². The Hall–Kier alpha value is -2.94. The van der Waals surface area contributed by atoms with Crippen LogP contribution >= 0.6 is 0 Å². The first kappa shape index (κ1) is 20.9. The van der Waals surface area contributed by atoms with E-state index in [0.29, 0.717) is 42.6 Å². The van der Waals surface area contributed by atoms with Crippen LogP contribution in [0.1, 0.15) is 36.8 Å². The summed E-state index contributed by atoms with van der Waals surface area (Å²) in [5.74, 6) is 1.03. The number of fused-ring (bicyclic) bond motifs is 1. The Bertz CT molecular complexity index is 1110. The van der Waals surface area contributed by atoms with E-state index < -0.39 is 11.7 Å². The van der Waals surface area contributed by atoms with Gasteiger partial charge in [-0.2, -0.15) is 23.1 Å². The lowest BCUT2D eigenvalue weighted by atomic mass is 9.95. The number of nitrogens with zero attached hydrogens (tertiary/aromatic N) is 4. The number of aromatic nitrogens is 3. The van der Waals surface area contributed by atoms with E-state index in [1.54, 1.807) is 18.3 Å². The number of pyridine rings is 1. The van der Waals surface area contributed by atoms with Crippen LogP contribution in [0.4, 0.5) is 24.9 Å². The second kappa shape index (κ2) is 8.20. The maximum atomic E-state index is 13.4. The van der Waals surface area contributed by atoms with Crippen LogP contribution < -0.4 is 10.2 Å². The van der Waals surface area contributed by atoms with Gasteiger partial charge in [0, 0.05) is 19.3 Å². The van der Waals surface area contributed by atoms with Crippen LogP contribution in [0.5, 0.6) is 0 Å². The van der Waals surface area contributed by atoms with Crippen LogP contribution in [0, 0.1) is 0 Å². The van der Waals surface area contributed by atoms with Gasteiger partial charge < -0.3 is 15.0 Å². The van der Waals surface area contributed by atoms with E-state index in [4.69, 9.17) is 14.7 Å². The van der Waals surface area contributed by atoms with Crippen molar-refractivity contribution in [2.45, 2.75) is 43.9 Å². The molecule has 0 bridgehead atoms. The van der Waals surface area contributed by atoms with E-state index in [-0.39, 0.29) is 17.6 Å². The van der Waals surface area contributed by atoms with Gasteiger partial charge in [-0.15, -0.1) is 0 Å². The Labute approximate surface area is 183 Å². The molecule has 3 aromatic rings. The zero-order valence-electron chi connectivity index (χ0n) is 17.5. The highest BCUT2D eigenvalue weighted by atomic mass is 19.4. The fraction of sp³-hybridized carbons (Fsp3) is 0.435. The maximum absolute atomic E-state index is 13.4. The molecule has 2 fully saturated rings. The Morgan fingerprint density at radius 2 is 1.88 bits per heavy atom. The van der Waals surface area contributed by atoms with Gasteiger partial charge in [-0.25, -0.2) is 4.98 Å². The Morgan fingerprint density at radius 1 is 1.06 bits per heavy atom. The Morgan fingerprint density at radius 3 is 2.69 bits per heavy atom. The van der Waals surface area contributed by atoms with Crippen molar-refractivity contribution in [3.8, 4) is 0 Å². The topological polar surface area (TPSA) is 63.2 Å². The molecule has 1 aliphatic carbocycles. The first-order valence-electron chi connectivity index (χ1n) is 10.8. The van der Waals surface area contributed by atoms with Crippen molar-refractivity contribution in [2.75, 3.05) is 30.0 Å². The quantitative estimate of drug-likeness (QED) is 0.625. The number of rotatable bonds is 4. The molecule has 1 N–H and O–H groups in total. The highest BCUT2D eigenvalue weighted by Crippen LogP contribution is 2.40. The second-order valence-corrected chi connectivity index (χ2v) is 8.39. The molecular formula is C23H24F3N5O. The van der Waals surface area contributed by atoms with Crippen molar-refractivity contribution in [3.63, 3.8) is 0 Å². The second-order valence-electron chi connectivity index (χ2n) is 8.39. The maximum Gasteiger partial charge on any atom is 0.416 e. The minimum atomic E-state index is -4.42. The smallest absolute Gasteiger partial charge is 0.377 e. The minimum Gasteiger partial charge on any atom is -0.377 e. The van der Waals surface area contributed by atoms with Gasteiger partial charge in [0.1, 0.15) is 5.82 Å². The third-order valence-electron chi connectivity index (χ3n) is 6.41. The predicted octanol–water partition coefficient (Wildman–Crippen LogP) is 4.81. The van der Waals surface area contributed by atoms with E-state index in [0.717, 1.165) is 31.7 Å². The molecule has 3 heterocycles. The molecular weight excluding hydrogens is 419 g/mol. The van der Waals surface area contributed by atoms with Crippen LogP contribution in [-0.4, -0.2) is 40.2 Å². The lowest BCUT2D eigenvalue weighted by Crippen LogP contribution is -2.56. The molecule has 1 saturated carbocycles. The molecule has 1 saturated heterocycles. The van der Waals surface area contributed by atoms with E-state index in [9.17, 15) is 13.2 Å². The molecule has 1 aliphatic heterocycles. The highest BCUT2D eigenvalue weighted by molar-refractivity contribution is 5.87. The SMILES string of the molecule is FC(F)(F)c1ccccc1CNc1nc(N2CCOCC23CCCC3)nc2ncccc12. The summed E-state index contributed by atoms with van der Waals surface area (Å²) in [4.78, 5) is 16.1. The monoisotopic (exact) mass is 443 g/mol. The van der Waals surface area contributed by atoms with Gasteiger partial charge in [-0.05, 0) is 36.6 Å². The molecule has 168 valence electrons. The first-order valence-corrected chi connectivity index (χ1v) is 10.8. The largest absolute Gasteiger partial charge is 0.416 e. The molecule has 32 heavy (non-hydrogen) atoms. The normalized spacial score (nSPS) is 18.4. The highest BCUT2D eigenvalue weighted by Gasteiger charge is 2.43. The summed E-state index contributed by atoms with van der Waals surface area (Å²) >= 11 is 0. The molecule has 9 heteroatoms. The van der Waals surface area contributed by atoms with Crippen LogP contribution in [-0.2, 0) is 17.5 Å². The van der Waals surface area contributed by atoms with Gasteiger partial charge in [0.2, 0.25) is 5.95 Å². The number of nitrogens with one attached hydrogen (secondary N) is 1. The van der Waals surface area contributed by atoms with Crippen LogP contribution in [0.2, 0.25) is 0 Å². The van der Waals surface area contributed by atoms with E-state index in [2.05, 4.69) is 15.2 Å². The van der Waals surface area contributed by atoms with Crippen LogP contribution in [0.25, 0.3) is 11.0 Å². The van der Waals surface area contributed by atoms with Gasteiger partial charge in [-0.1, -0.05) is 31.0 Å². The molecule has 0 unspecified atom stereocenters. The Kier molecular flexibility index (Phi) is 5.36. The van der Waals surface area contributed by atoms with Gasteiger partial charge in [-0.3, -0.25) is 0 Å². The van der Waals surface area contributed by atoms with E-state index in [1.165, 1.54) is 12.1 Å². The van der Waals surface area contributed by atoms with Gasteiger partial charge in [0.25, 0.3) is 0 Å². The summed E-state index contributed by atoms with van der Waals surface area (Å²) < 4.78 is 46.1. The summed E-state index contributed by atoms with van der Waals surface area (Å²) in [6.07, 6.45) is 1.53. The number of halogens is 3. The number of alkyl halides is 3. The van der Waals surface area contributed by atoms with Crippen molar-refractivity contribution < 1.29 is 17.9 Å². The molecule has 1 spiro atoms. The van der Waals surface area contributed by atoms with Crippen LogP contribution in [0.15, 0.2) is 42.6 Å². The minimum absolute atomic E-state index is 0.00954. The zero-order valence-corrected chi connectivity index (χ0v) is 17.5. The lowest BCUT2D eigenvalue weighted by Gasteiger charge is -2.44. The van der Waals surface area contributed by atoms with Gasteiger partial charge in [0.15, 0.2) is 5.65 Å². The van der Waals surface area contributed by atoms with Crippen molar-refractivity contribution in [1.29, 1.82) is 0 Å². The molecule has 2 aliphatic rings. The number of hydrogen-bond acceptors (Lipinski definition) is 6. The molecule has 1 aromatic carbocycles. The summed E-state index contributed by atoms with van der Waals surface area (Å²) in [6, 6.07) is 9.18. The lowest BCUT2D eigenvalue weighted by molar-refractivity contribution is -0.138. The fourth-order valence-corrected chi connectivity index (χ4v) is 4.83. The third kappa shape index (κ3) is 3.85. The Balaban J connectivity index is 1.51. The van der Waals surface area contributed by atoms with E-state index in [1.807, 2.05) is 6.07 Å². The molecule has 5 rings (SSSR count). The third-order valence-corrected chi connectivity index (χ3v) is 6.41. The summed E-state index contributed by atoms with van der Waals surface area (Å²) in [6.45, 7) is 1.89. The predicted molar refractivity (Wildman–Crippen MR) is 115 cm³/mol. The van der Waals surface area contributed by atoms with Crippen LogP contribution in [0.3, 0.4) is 0 Å². The molecule has 2 aromatic heterocycles. The number of benzene rings is 1. The average Bonchev–Trinajstić information content (AvgIpc) is 3.25. The standard InChI is InChI=1S/C23H24F3N5O/c24-23(25,26)18-8-2-1-6-16(18)14-28-20-17-7-5-11-27-19(17)29-21(30-20)31-12-13-32-15-22(31)9-3-4-10-22/h1-2,5-8,11H,3-4,9-10,12-15H2,(H,27,28,29,30). The van der Waals surface area contributed by atoms with Crippen molar-refractivity contribution >= 4 is 22.8 Å². The number of anilines is 2. The average molecular weight is 443 g/mol. The molecule has 0 radical (unpaired) electrons. The summed E-state index contributed by atoms with van der Waals surface area (Å²) in [7, 11) is 0.